The Morgan fingerprint density at radius 2 is 2.16 bits per heavy atom. The van der Waals surface area contributed by atoms with Gasteiger partial charge < -0.3 is 5.32 Å². The van der Waals surface area contributed by atoms with Crippen LogP contribution in [0.25, 0.3) is 0 Å². The molecule has 2 rings (SSSR count). The lowest BCUT2D eigenvalue weighted by molar-refractivity contribution is 0.574. The summed E-state index contributed by atoms with van der Waals surface area (Å²) in [6.45, 7) is 6.51. The predicted molar refractivity (Wildman–Crippen MR) is 82.9 cm³/mol. The predicted octanol–water partition coefficient (Wildman–Crippen LogP) is 3.78. The average Bonchev–Trinajstić information content (AvgIpc) is 2.91. The van der Waals surface area contributed by atoms with Gasteiger partial charge in [0.2, 0.25) is 0 Å². The molecule has 0 fully saturated rings. The Morgan fingerprint density at radius 1 is 1.32 bits per heavy atom. The van der Waals surface area contributed by atoms with Gasteiger partial charge in [0.05, 0.1) is 5.01 Å². The number of hydrogen-bond donors (Lipinski definition) is 1. The van der Waals surface area contributed by atoms with Crippen molar-refractivity contribution in [3.63, 3.8) is 0 Å². The minimum absolute atomic E-state index is 0.513. The van der Waals surface area contributed by atoms with Gasteiger partial charge in [-0.1, -0.05) is 31.2 Å². The highest BCUT2D eigenvalue weighted by atomic mass is 32.1. The van der Waals surface area contributed by atoms with E-state index in [2.05, 4.69) is 53.8 Å². The molecule has 102 valence electrons. The summed E-state index contributed by atoms with van der Waals surface area (Å²) in [4.78, 5) is 4.43. The average molecular weight is 274 g/mol. The van der Waals surface area contributed by atoms with Crippen LogP contribution in [0.5, 0.6) is 0 Å². The molecule has 0 amide bonds. The summed E-state index contributed by atoms with van der Waals surface area (Å²) < 4.78 is 0. The number of aromatic nitrogens is 1. The first kappa shape index (κ1) is 14.2. The van der Waals surface area contributed by atoms with Crippen LogP contribution in [-0.2, 0) is 6.42 Å². The molecule has 1 aromatic carbocycles. The highest BCUT2D eigenvalue weighted by Crippen LogP contribution is 2.24. The molecule has 0 radical (unpaired) electrons. The van der Waals surface area contributed by atoms with Crippen molar-refractivity contribution in [2.45, 2.75) is 32.6 Å². The summed E-state index contributed by atoms with van der Waals surface area (Å²) in [5.74, 6) is 0.513. The van der Waals surface area contributed by atoms with Crippen molar-refractivity contribution < 1.29 is 0 Å². The van der Waals surface area contributed by atoms with E-state index in [-0.39, 0.29) is 0 Å². The molecule has 2 nitrogen and oxygen atoms in total. The van der Waals surface area contributed by atoms with E-state index in [0.717, 1.165) is 19.5 Å². The molecule has 0 aliphatic carbocycles. The van der Waals surface area contributed by atoms with Crippen LogP contribution in [0, 0.1) is 6.92 Å². The topological polar surface area (TPSA) is 24.9 Å². The quantitative estimate of drug-likeness (QED) is 0.777. The fraction of sp³-hybridized carbons (Fsp3) is 0.438. The first-order chi connectivity index (χ1) is 9.31. The zero-order valence-electron chi connectivity index (χ0n) is 11.7. The second kappa shape index (κ2) is 7.41. The third-order valence-corrected chi connectivity index (χ3v) is 4.15. The molecule has 2 aromatic rings. The summed E-state index contributed by atoms with van der Waals surface area (Å²) in [6, 6.07) is 8.70. The van der Waals surface area contributed by atoms with Crippen molar-refractivity contribution in [2.24, 2.45) is 0 Å². The van der Waals surface area contributed by atoms with E-state index in [0.29, 0.717) is 5.92 Å². The van der Waals surface area contributed by atoms with Crippen molar-refractivity contribution in [3.05, 3.63) is 52.0 Å². The van der Waals surface area contributed by atoms with Gasteiger partial charge >= 0.3 is 0 Å². The fourth-order valence-electron chi connectivity index (χ4n) is 2.35. The van der Waals surface area contributed by atoms with Gasteiger partial charge in [0.15, 0.2) is 0 Å². The third kappa shape index (κ3) is 4.15. The van der Waals surface area contributed by atoms with Crippen molar-refractivity contribution in [1.82, 2.24) is 10.3 Å². The Morgan fingerprint density at radius 3 is 2.84 bits per heavy atom. The number of hydrogen-bond acceptors (Lipinski definition) is 3. The number of nitrogens with zero attached hydrogens (tertiary/aromatic N) is 1. The van der Waals surface area contributed by atoms with Crippen LogP contribution < -0.4 is 5.32 Å². The van der Waals surface area contributed by atoms with E-state index in [1.165, 1.54) is 22.6 Å². The van der Waals surface area contributed by atoms with Crippen LogP contribution in [0.1, 0.15) is 35.4 Å². The van der Waals surface area contributed by atoms with Gasteiger partial charge in [-0.05, 0) is 31.0 Å². The van der Waals surface area contributed by atoms with Crippen molar-refractivity contribution in [3.8, 4) is 0 Å². The second-order valence-corrected chi connectivity index (χ2v) is 5.87. The molecule has 0 bridgehead atoms. The van der Waals surface area contributed by atoms with E-state index in [9.17, 15) is 0 Å². The molecule has 0 spiro atoms. The Kier molecular flexibility index (Phi) is 5.55. The first-order valence-electron chi connectivity index (χ1n) is 6.96. The Labute approximate surface area is 119 Å². The van der Waals surface area contributed by atoms with Gasteiger partial charge in [0.25, 0.3) is 0 Å². The monoisotopic (exact) mass is 274 g/mol. The molecule has 0 aliphatic heterocycles. The van der Waals surface area contributed by atoms with Crippen LogP contribution in [0.3, 0.4) is 0 Å². The highest BCUT2D eigenvalue weighted by molar-refractivity contribution is 7.09. The minimum Gasteiger partial charge on any atom is -0.316 e. The molecule has 3 heteroatoms. The molecule has 19 heavy (non-hydrogen) atoms. The Hall–Kier alpha value is -1.19. The molecule has 0 saturated heterocycles. The number of aryl methyl sites for hydroxylation is 1. The van der Waals surface area contributed by atoms with E-state index in [1.54, 1.807) is 11.3 Å². The maximum Gasteiger partial charge on any atom is 0.0931 e. The van der Waals surface area contributed by atoms with Crippen LogP contribution in [0.4, 0.5) is 0 Å². The zero-order chi connectivity index (χ0) is 13.5. The van der Waals surface area contributed by atoms with E-state index in [1.807, 2.05) is 6.20 Å². The van der Waals surface area contributed by atoms with Gasteiger partial charge in [-0.2, -0.15) is 0 Å². The molecule has 1 atom stereocenters. The van der Waals surface area contributed by atoms with Crippen LogP contribution in [0.15, 0.2) is 35.8 Å². The number of thiazole rings is 1. The lowest BCUT2D eigenvalue weighted by atomic mass is 9.92. The fourth-order valence-corrected chi connectivity index (χ4v) is 3.05. The van der Waals surface area contributed by atoms with Gasteiger partial charge in [0.1, 0.15) is 0 Å². The number of rotatable bonds is 7. The van der Waals surface area contributed by atoms with Gasteiger partial charge in [-0.15, -0.1) is 11.3 Å². The Bertz CT molecular complexity index is 479. The third-order valence-electron chi connectivity index (χ3n) is 3.35. The standard InChI is InChI=1S/C16H22N2S/c1-3-8-17-12-14(11-16-18-9-10-19-16)15-7-5-4-6-13(15)2/h4-7,9-10,14,17H,3,8,11-12H2,1-2H3. The smallest absolute Gasteiger partial charge is 0.0931 e. The molecule has 1 unspecified atom stereocenters. The first-order valence-corrected chi connectivity index (χ1v) is 7.83. The van der Waals surface area contributed by atoms with E-state index < -0.39 is 0 Å². The number of nitrogens with one attached hydrogen (secondary N) is 1. The molecular formula is C16H22N2S. The summed E-state index contributed by atoms with van der Waals surface area (Å²) in [6.07, 6.45) is 4.10. The summed E-state index contributed by atoms with van der Waals surface area (Å²) >= 11 is 1.75. The maximum atomic E-state index is 4.43. The second-order valence-electron chi connectivity index (χ2n) is 4.89. The molecular weight excluding hydrogens is 252 g/mol. The van der Waals surface area contributed by atoms with Crippen molar-refractivity contribution in [2.75, 3.05) is 13.1 Å². The summed E-state index contributed by atoms with van der Waals surface area (Å²) in [5, 5.41) is 6.84. The molecule has 0 saturated carbocycles. The normalized spacial score (nSPS) is 12.5. The van der Waals surface area contributed by atoms with E-state index >= 15 is 0 Å². The largest absolute Gasteiger partial charge is 0.316 e. The molecule has 0 aliphatic rings. The maximum absolute atomic E-state index is 4.43. The SMILES string of the molecule is CCCNCC(Cc1nccs1)c1ccccc1C. The Balaban J connectivity index is 2.11. The van der Waals surface area contributed by atoms with E-state index in [4.69, 9.17) is 0 Å². The molecule has 1 aromatic heterocycles. The van der Waals surface area contributed by atoms with Crippen LogP contribution >= 0.6 is 11.3 Å². The van der Waals surface area contributed by atoms with Gasteiger partial charge in [0, 0.05) is 30.5 Å². The zero-order valence-corrected chi connectivity index (χ0v) is 12.5. The lowest BCUT2D eigenvalue weighted by Gasteiger charge is -2.19. The number of benzene rings is 1. The summed E-state index contributed by atoms with van der Waals surface area (Å²) in [5.41, 5.74) is 2.82. The van der Waals surface area contributed by atoms with Crippen molar-refractivity contribution in [1.29, 1.82) is 0 Å². The van der Waals surface area contributed by atoms with Crippen molar-refractivity contribution >= 4 is 11.3 Å². The lowest BCUT2D eigenvalue weighted by Crippen LogP contribution is -2.24. The van der Waals surface area contributed by atoms with Crippen LogP contribution in [0.2, 0.25) is 0 Å². The van der Waals surface area contributed by atoms with Crippen LogP contribution in [-0.4, -0.2) is 18.1 Å². The highest BCUT2D eigenvalue weighted by Gasteiger charge is 2.15. The van der Waals surface area contributed by atoms with Gasteiger partial charge in [-0.3, -0.25) is 0 Å². The molecule has 1 heterocycles. The summed E-state index contributed by atoms with van der Waals surface area (Å²) in [7, 11) is 0. The minimum atomic E-state index is 0.513. The van der Waals surface area contributed by atoms with Gasteiger partial charge in [-0.25, -0.2) is 4.98 Å². The molecule has 1 N–H and O–H groups in total.